The van der Waals surface area contributed by atoms with Gasteiger partial charge in [-0.15, -0.1) is 0 Å². The van der Waals surface area contributed by atoms with Crippen LogP contribution in [0.2, 0.25) is 0 Å². The lowest BCUT2D eigenvalue weighted by Gasteiger charge is -2.12. The predicted octanol–water partition coefficient (Wildman–Crippen LogP) is 4.94. The molecule has 0 bridgehead atoms. The molecule has 1 aliphatic heterocycles. The van der Waals surface area contributed by atoms with Gasteiger partial charge in [-0.25, -0.2) is 4.79 Å². The summed E-state index contributed by atoms with van der Waals surface area (Å²) in [5.74, 6) is 1.22. The lowest BCUT2D eigenvalue weighted by Crippen LogP contribution is -2.12. The molecule has 0 saturated heterocycles. The summed E-state index contributed by atoms with van der Waals surface area (Å²) in [5, 5.41) is 0. The van der Waals surface area contributed by atoms with E-state index in [0.29, 0.717) is 29.4 Å². The van der Waals surface area contributed by atoms with Crippen LogP contribution in [0, 0.1) is 0 Å². The Morgan fingerprint density at radius 3 is 2.24 bits per heavy atom. The number of hydrogen-bond donors (Lipinski definition) is 0. The van der Waals surface area contributed by atoms with Crippen molar-refractivity contribution in [2.75, 3.05) is 20.8 Å². The van der Waals surface area contributed by atoms with E-state index in [-0.39, 0.29) is 22.9 Å². The number of ether oxygens (including phenoxy) is 5. The standard InChI is InChI=1S/C26H22O7/c1-4-31-17-10-8-16(9-11-17)14-23-25(27)19-13-12-18(15-22(19)33-23)32-26(28)24-20(29-2)6-5-7-21(24)30-3/h5-15H,4H2,1-3H3/b23-14-. The normalized spacial score (nSPS) is 13.3. The second kappa shape index (κ2) is 9.48. The summed E-state index contributed by atoms with van der Waals surface area (Å²) in [4.78, 5) is 25.5. The van der Waals surface area contributed by atoms with Gasteiger partial charge in [-0.05, 0) is 55.0 Å². The van der Waals surface area contributed by atoms with E-state index in [4.69, 9.17) is 23.7 Å². The van der Waals surface area contributed by atoms with Gasteiger partial charge in [-0.2, -0.15) is 0 Å². The van der Waals surface area contributed by atoms with Crippen molar-refractivity contribution in [3.8, 4) is 28.7 Å². The molecule has 1 heterocycles. The number of rotatable bonds is 7. The van der Waals surface area contributed by atoms with Crippen LogP contribution in [0.15, 0.2) is 66.4 Å². The van der Waals surface area contributed by atoms with E-state index in [2.05, 4.69) is 0 Å². The first-order chi connectivity index (χ1) is 16.0. The molecule has 3 aromatic rings. The third-order valence-corrected chi connectivity index (χ3v) is 4.97. The predicted molar refractivity (Wildman–Crippen MR) is 121 cm³/mol. The Morgan fingerprint density at radius 1 is 0.939 bits per heavy atom. The van der Waals surface area contributed by atoms with Gasteiger partial charge in [0, 0.05) is 6.07 Å². The molecule has 0 amide bonds. The number of benzene rings is 3. The topological polar surface area (TPSA) is 80.3 Å². The van der Waals surface area contributed by atoms with Crippen LogP contribution >= 0.6 is 0 Å². The van der Waals surface area contributed by atoms with Crippen LogP contribution in [0.1, 0.15) is 33.2 Å². The van der Waals surface area contributed by atoms with Crippen molar-refractivity contribution < 1.29 is 33.3 Å². The molecule has 3 aromatic carbocycles. The minimum atomic E-state index is -0.654. The van der Waals surface area contributed by atoms with Crippen molar-refractivity contribution in [1.29, 1.82) is 0 Å². The average molecular weight is 446 g/mol. The zero-order chi connectivity index (χ0) is 23.4. The number of allylic oxidation sites excluding steroid dienone is 1. The first kappa shape index (κ1) is 22.0. The van der Waals surface area contributed by atoms with Crippen molar-refractivity contribution >= 4 is 17.8 Å². The largest absolute Gasteiger partial charge is 0.496 e. The van der Waals surface area contributed by atoms with Gasteiger partial charge in [0.2, 0.25) is 5.78 Å². The van der Waals surface area contributed by atoms with Crippen LogP contribution < -0.4 is 23.7 Å². The number of carbonyl (C=O) groups excluding carboxylic acids is 2. The molecule has 1 aliphatic rings. The molecule has 0 aromatic heterocycles. The average Bonchev–Trinajstić information content (AvgIpc) is 3.14. The lowest BCUT2D eigenvalue weighted by atomic mass is 10.1. The van der Waals surface area contributed by atoms with Crippen LogP contribution in [0.5, 0.6) is 28.7 Å². The number of esters is 1. The Labute approximate surface area is 191 Å². The van der Waals surface area contributed by atoms with Crippen molar-refractivity contribution in [3.05, 3.63) is 83.1 Å². The van der Waals surface area contributed by atoms with E-state index in [0.717, 1.165) is 11.3 Å². The molecule has 7 heteroatoms. The second-order valence-electron chi connectivity index (χ2n) is 7.03. The lowest BCUT2D eigenvalue weighted by molar-refractivity contribution is 0.0727. The highest BCUT2D eigenvalue weighted by Crippen LogP contribution is 2.36. The van der Waals surface area contributed by atoms with Crippen LogP contribution in [0.3, 0.4) is 0 Å². The van der Waals surface area contributed by atoms with Crippen molar-refractivity contribution in [2.45, 2.75) is 6.92 Å². The zero-order valence-corrected chi connectivity index (χ0v) is 18.4. The Kier molecular flexibility index (Phi) is 6.31. The van der Waals surface area contributed by atoms with Crippen LogP contribution in [0.25, 0.3) is 6.08 Å². The van der Waals surface area contributed by atoms with Gasteiger partial charge < -0.3 is 23.7 Å². The maximum Gasteiger partial charge on any atom is 0.351 e. The number of Topliss-reactive ketones (excluding diaryl/α,β-unsaturated/α-hetero) is 1. The number of fused-ring (bicyclic) bond motifs is 1. The molecule has 0 unspecified atom stereocenters. The van der Waals surface area contributed by atoms with E-state index in [1.54, 1.807) is 36.4 Å². The molecule has 168 valence electrons. The van der Waals surface area contributed by atoms with Gasteiger partial charge in [0.05, 0.1) is 26.4 Å². The van der Waals surface area contributed by atoms with Crippen LogP contribution in [-0.2, 0) is 0 Å². The van der Waals surface area contributed by atoms with Gasteiger partial charge in [-0.3, -0.25) is 4.79 Å². The molecule has 33 heavy (non-hydrogen) atoms. The highest BCUT2D eigenvalue weighted by molar-refractivity contribution is 6.14. The van der Waals surface area contributed by atoms with Gasteiger partial charge in [0.15, 0.2) is 5.76 Å². The van der Waals surface area contributed by atoms with E-state index < -0.39 is 5.97 Å². The second-order valence-corrected chi connectivity index (χ2v) is 7.03. The number of carbonyl (C=O) groups is 2. The fourth-order valence-electron chi connectivity index (χ4n) is 3.42. The van der Waals surface area contributed by atoms with E-state index in [9.17, 15) is 9.59 Å². The number of methoxy groups -OCH3 is 2. The molecule has 0 spiro atoms. The van der Waals surface area contributed by atoms with Crippen LogP contribution in [0.4, 0.5) is 0 Å². The molecule has 0 radical (unpaired) electrons. The first-order valence-corrected chi connectivity index (χ1v) is 10.3. The summed E-state index contributed by atoms with van der Waals surface area (Å²) in [5.41, 5.74) is 1.35. The molecule has 4 rings (SSSR count). The molecule has 7 nitrogen and oxygen atoms in total. The highest BCUT2D eigenvalue weighted by Gasteiger charge is 2.28. The van der Waals surface area contributed by atoms with E-state index in [1.807, 2.05) is 31.2 Å². The van der Waals surface area contributed by atoms with Gasteiger partial charge in [-0.1, -0.05) is 18.2 Å². The maximum atomic E-state index is 12.8. The summed E-state index contributed by atoms with van der Waals surface area (Å²) >= 11 is 0. The fraction of sp³-hybridized carbons (Fsp3) is 0.154. The minimum absolute atomic E-state index is 0.163. The smallest absolute Gasteiger partial charge is 0.351 e. The molecule has 0 atom stereocenters. The maximum absolute atomic E-state index is 12.8. The van der Waals surface area contributed by atoms with Crippen molar-refractivity contribution in [3.63, 3.8) is 0 Å². The van der Waals surface area contributed by atoms with E-state index in [1.165, 1.54) is 20.3 Å². The van der Waals surface area contributed by atoms with Gasteiger partial charge >= 0.3 is 5.97 Å². The Hall–Kier alpha value is -4.26. The first-order valence-electron chi connectivity index (χ1n) is 10.3. The Morgan fingerprint density at radius 2 is 1.61 bits per heavy atom. The highest BCUT2D eigenvalue weighted by atomic mass is 16.5. The number of ketones is 1. The molecule has 0 saturated carbocycles. The molecule has 0 N–H and O–H groups in total. The summed E-state index contributed by atoms with van der Waals surface area (Å²) in [6, 6.07) is 16.9. The third-order valence-electron chi connectivity index (χ3n) is 4.97. The van der Waals surface area contributed by atoms with Gasteiger partial charge in [0.1, 0.15) is 34.3 Å². The molecular formula is C26H22O7. The molecule has 0 fully saturated rings. The van der Waals surface area contributed by atoms with Gasteiger partial charge in [0.25, 0.3) is 0 Å². The summed E-state index contributed by atoms with van der Waals surface area (Å²) < 4.78 is 27.2. The van der Waals surface area contributed by atoms with Crippen LogP contribution in [-0.4, -0.2) is 32.6 Å². The monoisotopic (exact) mass is 446 g/mol. The molecule has 0 aliphatic carbocycles. The summed E-state index contributed by atoms with van der Waals surface area (Å²) in [6.45, 7) is 2.49. The minimum Gasteiger partial charge on any atom is -0.496 e. The summed E-state index contributed by atoms with van der Waals surface area (Å²) in [6.07, 6.45) is 1.66. The van der Waals surface area contributed by atoms with Crippen molar-refractivity contribution in [1.82, 2.24) is 0 Å². The summed E-state index contributed by atoms with van der Waals surface area (Å²) in [7, 11) is 2.91. The third kappa shape index (κ3) is 4.52. The molecular weight excluding hydrogens is 424 g/mol. The fourth-order valence-corrected chi connectivity index (χ4v) is 3.42. The number of hydrogen-bond acceptors (Lipinski definition) is 7. The zero-order valence-electron chi connectivity index (χ0n) is 18.4. The quantitative estimate of drug-likeness (QED) is 0.289. The van der Waals surface area contributed by atoms with E-state index >= 15 is 0 Å². The Balaban J connectivity index is 1.54. The Bertz CT molecular complexity index is 1200. The SMILES string of the molecule is CCOc1ccc(/C=C2\Oc3cc(OC(=O)c4c(OC)cccc4OC)ccc3C2=O)cc1. The van der Waals surface area contributed by atoms with Crippen molar-refractivity contribution in [2.24, 2.45) is 0 Å².